The van der Waals surface area contributed by atoms with Gasteiger partial charge in [0.05, 0.1) is 6.07 Å². The summed E-state index contributed by atoms with van der Waals surface area (Å²) in [5.74, 6) is -1.07. The van der Waals surface area contributed by atoms with Crippen molar-refractivity contribution in [2.75, 3.05) is 12.3 Å². The number of benzene rings is 1. The first-order chi connectivity index (χ1) is 15.1. The molecule has 182 valence electrons. The van der Waals surface area contributed by atoms with Crippen molar-refractivity contribution in [3.05, 3.63) is 34.9 Å². The Bertz CT molecular complexity index is 913. The van der Waals surface area contributed by atoms with Crippen LogP contribution in [0.1, 0.15) is 64.3 Å². The summed E-state index contributed by atoms with van der Waals surface area (Å²) in [6.45, 7) is 14.1. The van der Waals surface area contributed by atoms with Gasteiger partial charge in [-0.3, -0.25) is 9.59 Å². The van der Waals surface area contributed by atoms with Crippen molar-refractivity contribution >= 4 is 30.5 Å². The van der Waals surface area contributed by atoms with Crippen LogP contribution < -0.4 is 10.6 Å². The van der Waals surface area contributed by atoms with E-state index in [1.54, 1.807) is 26.8 Å². The van der Waals surface area contributed by atoms with Crippen molar-refractivity contribution in [1.29, 1.82) is 5.26 Å². The normalized spacial score (nSPS) is 13.3. The van der Waals surface area contributed by atoms with Gasteiger partial charge in [0, 0.05) is 11.3 Å². The van der Waals surface area contributed by atoms with Gasteiger partial charge in [0.2, 0.25) is 11.8 Å². The van der Waals surface area contributed by atoms with Crippen LogP contribution in [0.3, 0.4) is 0 Å². The van der Waals surface area contributed by atoms with E-state index in [-0.39, 0.29) is 12.3 Å². The van der Waals surface area contributed by atoms with Crippen LogP contribution in [0.15, 0.2) is 18.2 Å². The Hall–Kier alpha value is -2.73. The number of alkyl carbamates (subject to hydrolysis) is 1. The van der Waals surface area contributed by atoms with Crippen LogP contribution in [0.4, 0.5) is 4.79 Å². The fourth-order valence-corrected chi connectivity index (χ4v) is 3.48. The van der Waals surface area contributed by atoms with Crippen molar-refractivity contribution in [1.82, 2.24) is 15.5 Å². The number of ether oxygens (including phenoxy) is 1. The van der Waals surface area contributed by atoms with Gasteiger partial charge in [-0.2, -0.15) is 17.9 Å². The first kappa shape index (κ1) is 28.3. The van der Waals surface area contributed by atoms with Gasteiger partial charge in [-0.25, -0.2) is 4.79 Å². The minimum atomic E-state index is -1.09. The second-order valence-corrected chi connectivity index (χ2v) is 10.4. The quantitative estimate of drug-likeness (QED) is 0.412. The number of thiol groups is 1. The molecule has 9 heteroatoms. The summed E-state index contributed by atoms with van der Waals surface area (Å²) in [6, 6.07) is 5.36. The molecule has 1 rings (SSSR count). The number of nitrogens with one attached hydrogen (secondary N) is 2. The van der Waals surface area contributed by atoms with Gasteiger partial charge < -0.3 is 20.3 Å². The third-order valence-corrected chi connectivity index (χ3v) is 4.84. The van der Waals surface area contributed by atoms with E-state index in [0.29, 0.717) is 5.56 Å². The molecule has 1 aromatic rings. The Labute approximate surface area is 202 Å². The van der Waals surface area contributed by atoms with Gasteiger partial charge in [-0.05, 0) is 66.5 Å². The minimum Gasteiger partial charge on any atom is -0.444 e. The second kappa shape index (κ2) is 11.4. The molecule has 8 nitrogen and oxygen atoms in total. The Kier molecular flexibility index (Phi) is 9.79. The zero-order valence-electron chi connectivity index (χ0n) is 20.8. The highest BCUT2D eigenvalue weighted by Gasteiger charge is 2.37. The average Bonchev–Trinajstić information content (AvgIpc) is 2.63. The Balaban J connectivity index is 3.44. The Morgan fingerprint density at radius 3 is 2.21 bits per heavy atom. The van der Waals surface area contributed by atoms with Gasteiger partial charge in [-0.1, -0.05) is 23.8 Å². The van der Waals surface area contributed by atoms with E-state index in [0.717, 1.165) is 11.1 Å². The topological polar surface area (TPSA) is 112 Å². The van der Waals surface area contributed by atoms with Gasteiger partial charge in [0.25, 0.3) is 0 Å². The zero-order chi connectivity index (χ0) is 25.6. The predicted molar refractivity (Wildman–Crippen MR) is 131 cm³/mol. The average molecular weight is 477 g/mol. The van der Waals surface area contributed by atoms with E-state index in [9.17, 15) is 19.6 Å². The van der Waals surface area contributed by atoms with Crippen molar-refractivity contribution in [3.63, 3.8) is 0 Å². The highest BCUT2D eigenvalue weighted by molar-refractivity contribution is 7.80. The lowest BCUT2D eigenvalue weighted by molar-refractivity contribution is -0.142. The van der Waals surface area contributed by atoms with Crippen LogP contribution in [-0.2, 0) is 14.3 Å². The molecule has 2 atom stereocenters. The van der Waals surface area contributed by atoms with E-state index < -0.39 is 41.1 Å². The lowest BCUT2D eigenvalue weighted by Gasteiger charge is -2.35. The van der Waals surface area contributed by atoms with E-state index in [2.05, 4.69) is 23.3 Å². The minimum absolute atomic E-state index is 0.0412. The van der Waals surface area contributed by atoms with Gasteiger partial charge in [0.15, 0.2) is 0 Å². The van der Waals surface area contributed by atoms with Gasteiger partial charge in [0.1, 0.15) is 24.2 Å². The number of carbonyl (C=O) groups is 3. The monoisotopic (exact) mass is 476 g/mol. The van der Waals surface area contributed by atoms with Gasteiger partial charge >= 0.3 is 6.09 Å². The summed E-state index contributed by atoms with van der Waals surface area (Å²) >= 11 is 4.21. The molecule has 0 spiro atoms. The largest absolute Gasteiger partial charge is 0.444 e. The maximum atomic E-state index is 13.5. The number of hydrogen-bond donors (Lipinski definition) is 3. The molecule has 0 aromatic heterocycles. The summed E-state index contributed by atoms with van der Waals surface area (Å²) < 4.78 is 5.25. The zero-order valence-corrected chi connectivity index (χ0v) is 21.7. The summed E-state index contributed by atoms with van der Waals surface area (Å²) in [5, 5.41) is 14.9. The molecule has 0 aliphatic heterocycles. The third-order valence-electron chi connectivity index (χ3n) is 4.47. The van der Waals surface area contributed by atoms with E-state index in [1.165, 1.54) is 4.90 Å². The molecule has 1 aromatic carbocycles. The van der Waals surface area contributed by atoms with Crippen LogP contribution in [0.2, 0.25) is 0 Å². The molecule has 0 bridgehead atoms. The summed E-state index contributed by atoms with van der Waals surface area (Å²) in [4.78, 5) is 40.4. The molecule has 3 amide bonds. The molecule has 0 saturated carbocycles. The van der Waals surface area contributed by atoms with Crippen LogP contribution >= 0.6 is 12.6 Å². The number of amides is 3. The number of nitrogens with zero attached hydrogens (tertiary/aromatic N) is 2. The van der Waals surface area contributed by atoms with E-state index >= 15 is 0 Å². The van der Waals surface area contributed by atoms with Crippen molar-refractivity contribution in [2.24, 2.45) is 0 Å². The fraction of sp³-hybridized carbons (Fsp3) is 0.583. The number of rotatable bonds is 7. The first-order valence-corrected chi connectivity index (χ1v) is 11.4. The summed E-state index contributed by atoms with van der Waals surface area (Å²) in [5.41, 5.74) is 1.09. The highest BCUT2D eigenvalue weighted by Crippen LogP contribution is 2.27. The molecule has 0 aliphatic rings. The maximum absolute atomic E-state index is 13.5. The number of nitriles is 1. The molecular formula is C24H36N4O4S. The molecule has 33 heavy (non-hydrogen) atoms. The summed E-state index contributed by atoms with van der Waals surface area (Å²) in [6.07, 6.45) is -0.783. The van der Waals surface area contributed by atoms with Crippen LogP contribution in [0, 0.1) is 25.2 Å². The van der Waals surface area contributed by atoms with Crippen LogP contribution in [-0.4, -0.2) is 52.3 Å². The summed E-state index contributed by atoms with van der Waals surface area (Å²) in [7, 11) is 0. The molecule has 0 radical (unpaired) electrons. The van der Waals surface area contributed by atoms with Crippen LogP contribution in [0.5, 0.6) is 0 Å². The highest BCUT2D eigenvalue weighted by atomic mass is 32.1. The SMILES string of the molecule is Cc1ccc(C(C(=O)NC(C)(C)C)N(CC#N)C(=O)C(CS)NC(=O)OC(C)(C)C)c(C)c1. The predicted octanol–water partition coefficient (Wildman–Crippen LogP) is 3.43. The Morgan fingerprint density at radius 2 is 1.76 bits per heavy atom. The van der Waals surface area contributed by atoms with Gasteiger partial charge in [-0.15, -0.1) is 0 Å². The molecule has 0 saturated heterocycles. The second-order valence-electron chi connectivity index (χ2n) is 10.0. The maximum Gasteiger partial charge on any atom is 0.408 e. The van der Waals surface area contributed by atoms with E-state index in [4.69, 9.17) is 4.74 Å². The molecule has 0 heterocycles. The smallest absolute Gasteiger partial charge is 0.408 e. The van der Waals surface area contributed by atoms with Crippen molar-refractivity contribution < 1.29 is 19.1 Å². The fourth-order valence-electron chi connectivity index (χ4n) is 3.23. The Morgan fingerprint density at radius 1 is 1.15 bits per heavy atom. The first-order valence-electron chi connectivity index (χ1n) is 10.8. The lowest BCUT2D eigenvalue weighted by atomic mass is 9.95. The molecule has 2 N–H and O–H groups in total. The van der Waals surface area contributed by atoms with Crippen LogP contribution in [0.25, 0.3) is 0 Å². The molecule has 0 fully saturated rings. The van der Waals surface area contributed by atoms with E-state index in [1.807, 2.05) is 52.8 Å². The number of hydrogen-bond acceptors (Lipinski definition) is 6. The van der Waals surface area contributed by atoms with Crippen molar-refractivity contribution in [2.45, 2.75) is 78.6 Å². The van der Waals surface area contributed by atoms with Crippen molar-refractivity contribution in [3.8, 4) is 6.07 Å². The standard InChI is InChI=1S/C24H36N4O4S/c1-15-9-10-17(16(2)13-15)19(20(29)27-23(3,4)5)28(12-11-25)21(30)18(14-33)26-22(31)32-24(6,7)8/h9-10,13,18-19,33H,12,14H2,1-8H3,(H,26,31)(H,27,29). The molecule has 2 unspecified atom stereocenters. The number of aryl methyl sites for hydroxylation is 2. The third kappa shape index (κ3) is 8.97. The molecule has 0 aliphatic carbocycles. The number of carbonyl (C=O) groups excluding carboxylic acids is 3. The lowest BCUT2D eigenvalue weighted by Crippen LogP contribution is -2.55. The molecular weight excluding hydrogens is 440 g/mol.